The fraction of sp³-hybridized carbons (Fsp3) is 0.368. The summed E-state index contributed by atoms with van der Waals surface area (Å²) < 4.78 is 11.2. The number of fused-ring (bicyclic) bond motifs is 1. The third-order valence-electron chi connectivity index (χ3n) is 5.45. The zero-order chi connectivity index (χ0) is 17.8. The minimum Gasteiger partial charge on any atom is -0.497 e. The molecule has 5 atom stereocenters. The van der Waals surface area contributed by atoms with Gasteiger partial charge in [-0.15, -0.1) is 6.58 Å². The molecule has 2 saturated heterocycles. The Morgan fingerprint density at radius 1 is 1.44 bits per heavy atom. The van der Waals surface area contributed by atoms with E-state index in [1.165, 1.54) is 0 Å². The van der Waals surface area contributed by atoms with Gasteiger partial charge < -0.3 is 19.5 Å². The molecule has 3 aliphatic heterocycles. The van der Waals surface area contributed by atoms with Crippen LogP contribution in [0.1, 0.15) is 6.42 Å². The van der Waals surface area contributed by atoms with Crippen molar-refractivity contribution in [3.63, 3.8) is 0 Å². The molecule has 1 spiro atoms. The van der Waals surface area contributed by atoms with Gasteiger partial charge >= 0.3 is 5.97 Å². The predicted molar refractivity (Wildman–Crippen MR) is 90.4 cm³/mol. The van der Waals surface area contributed by atoms with Crippen molar-refractivity contribution in [2.75, 3.05) is 12.0 Å². The number of benzene rings is 1. The van der Waals surface area contributed by atoms with Crippen molar-refractivity contribution in [3.8, 4) is 5.75 Å². The highest BCUT2D eigenvalue weighted by Gasteiger charge is 2.71. The summed E-state index contributed by atoms with van der Waals surface area (Å²) in [5.41, 5.74) is -0.204. The smallest absolute Gasteiger partial charge is 0.310 e. The molecule has 2 bridgehead atoms. The summed E-state index contributed by atoms with van der Waals surface area (Å²) in [6, 6.07) is 6.85. The molecule has 0 unspecified atom stereocenters. The average molecular weight is 341 g/mol. The Bertz CT molecular complexity index is 771. The van der Waals surface area contributed by atoms with Crippen molar-refractivity contribution in [2.24, 2.45) is 11.8 Å². The lowest BCUT2D eigenvalue weighted by Crippen LogP contribution is -2.45. The Kier molecular flexibility index (Phi) is 3.47. The maximum Gasteiger partial charge on any atom is 0.310 e. The molecular weight excluding hydrogens is 322 g/mol. The van der Waals surface area contributed by atoms with Gasteiger partial charge in [-0.3, -0.25) is 9.59 Å². The van der Waals surface area contributed by atoms with E-state index in [1.54, 1.807) is 48.4 Å². The van der Waals surface area contributed by atoms with Crippen molar-refractivity contribution in [1.82, 2.24) is 0 Å². The highest BCUT2D eigenvalue weighted by Crippen LogP contribution is 2.56. The number of aliphatic carboxylic acids is 1. The van der Waals surface area contributed by atoms with Crippen molar-refractivity contribution >= 4 is 17.6 Å². The molecule has 0 saturated carbocycles. The molecule has 3 aliphatic rings. The maximum absolute atomic E-state index is 13.2. The number of carboxylic acids is 1. The molecule has 0 aliphatic carbocycles. The van der Waals surface area contributed by atoms with Crippen LogP contribution in [0.4, 0.5) is 5.69 Å². The van der Waals surface area contributed by atoms with Gasteiger partial charge in [0.1, 0.15) is 17.3 Å². The summed E-state index contributed by atoms with van der Waals surface area (Å²) in [6.45, 7) is 3.80. The number of anilines is 1. The lowest BCUT2D eigenvalue weighted by molar-refractivity contribution is -0.146. The maximum atomic E-state index is 13.2. The molecule has 130 valence electrons. The van der Waals surface area contributed by atoms with Crippen LogP contribution >= 0.6 is 0 Å². The number of hydrogen-bond donors (Lipinski definition) is 1. The van der Waals surface area contributed by atoms with Gasteiger partial charge in [-0.05, 0) is 30.7 Å². The lowest BCUT2D eigenvalue weighted by atomic mass is 9.74. The quantitative estimate of drug-likeness (QED) is 0.829. The third kappa shape index (κ3) is 2.00. The van der Waals surface area contributed by atoms with Crippen LogP contribution in [0.3, 0.4) is 0 Å². The van der Waals surface area contributed by atoms with E-state index in [-0.39, 0.29) is 11.9 Å². The Balaban J connectivity index is 1.80. The molecule has 2 fully saturated rings. The largest absolute Gasteiger partial charge is 0.497 e. The summed E-state index contributed by atoms with van der Waals surface area (Å²) in [7, 11) is 1.58. The van der Waals surface area contributed by atoms with E-state index in [9.17, 15) is 14.7 Å². The second-order valence-electron chi connectivity index (χ2n) is 6.58. The van der Waals surface area contributed by atoms with E-state index in [2.05, 4.69) is 6.58 Å². The number of rotatable bonds is 5. The van der Waals surface area contributed by atoms with E-state index < -0.39 is 29.5 Å². The second kappa shape index (κ2) is 5.46. The van der Waals surface area contributed by atoms with Gasteiger partial charge in [0.2, 0.25) is 5.91 Å². The van der Waals surface area contributed by atoms with Gasteiger partial charge in [0.15, 0.2) is 0 Å². The summed E-state index contributed by atoms with van der Waals surface area (Å²) in [5.74, 6) is -2.09. The fourth-order valence-electron chi connectivity index (χ4n) is 4.43. The van der Waals surface area contributed by atoms with Gasteiger partial charge in [0.05, 0.1) is 25.2 Å². The summed E-state index contributed by atoms with van der Waals surface area (Å²) >= 11 is 0. The van der Waals surface area contributed by atoms with E-state index in [4.69, 9.17) is 9.47 Å². The van der Waals surface area contributed by atoms with Crippen LogP contribution in [0.5, 0.6) is 5.75 Å². The first-order chi connectivity index (χ1) is 12.0. The first-order valence-corrected chi connectivity index (χ1v) is 8.21. The topological polar surface area (TPSA) is 76.1 Å². The Morgan fingerprint density at radius 2 is 2.16 bits per heavy atom. The van der Waals surface area contributed by atoms with E-state index in [0.717, 1.165) is 0 Å². The van der Waals surface area contributed by atoms with E-state index in [0.29, 0.717) is 17.9 Å². The van der Waals surface area contributed by atoms with Crippen LogP contribution in [-0.4, -0.2) is 41.8 Å². The Hall–Kier alpha value is -2.60. The highest BCUT2D eigenvalue weighted by molar-refractivity contribution is 6.03. The van der Waals surface area contributed by atoms with Crippen molar-refractivity contribution in [3.05, 3.63) is 49.1 Å². The second-order valence-corrected chi connectivity index (χ2v) is 6.58. The third-order valence-corrected chi connectivity index (χ3v) is 5.45. The normalized spacial score (nSPS) is 35.1. The summed E-state index contributed by atoms with van der Waals surface area (Å²) in [5, 5.41) is 9.62. The average Bonchev–Trinajstić information content (AvgIpc) is 3.24. The molecule has 1 aromatic carbocycles. The first kappa shape index (κ1) is 15.9. The van der Waals surface area contributed by atoms with Crippen LogP contribution in [0.25, 0.3) is 0 Å². The summed E-state index contributed by atoms with van der Waals surface area (Å²) in [4.78, 5) is 26.6. The standard InChI is InChI=1S/C19H19NO5/c1-3-4-14-19-10-9-13(25-19)15(18(22)23)16(19)17(21)20(14)11-5-7-12(24-2)8-6-11/h3,5-10,13-16H,1,4H2,2H3,(H,22,23)/t13-,14+,15-,16-,19+/m0/s1. The molecule has 1 amide bonds. The van der Waals surface area contributed by atoms with E-state index in [1.807, 2.05) is 6.08 Å². The van der Waals surface area contributed by atoms with E-state index >= 15 is 0 Å². The number of hydrogen-bond acceptors (Lipinski definition) is 4. The fourth-order valence-corrected chi connectivity index (χ4v) is 4.43. The highest BCUT2D eigenvalue weighted by atomic mass is 16.5. The van der Waals surface area contributed by atoms with Gasteiger partial charge in [0.25, 0.3) is 0 Å². The molecule has 4 rings (SSSR count). The van der Waals surface area contributed by atoms with Crippen LogP contribution in [0, 0.1) is 11.8 Å². The number of carbonyl (C=O) groups is 2. The number of nitrogens with zero attached hydrogens (tertiary/aromatic N) is 1. The Labute approximate surface area is 145 Å². The molecule has 0 aromatic heterocycles. The molecule has 1 N–H and O–H groups in total. The predicted octanol–water partition coefficient (Wildman–Crippen LogP) is 2.01. The molecule has 6 nitrogen and oxygen atoms in total. The monoisotopic (exact) mass is 341 g/mol. The molecule has 1 aromatic rings. The lowest BCUT2D eigenvalue weighted by Gasteiger charge is -2.32. The van der Waals surface area contributed by atoms with Gasteiger partial charge in [-0.25, -0.2) is 0 Å². The number of methoxy groups -OCH3 is 1. The molecular formula is C19H19NO5. The number of amides is 1. The van der Waals surface area contributed by atoms with Crippen molar-refractivity contribution < 1.29 is 24.2 Å². The summed E-state index contributed by atoms with van der Waals surface area (Å²) in [6.07, 6.45) is 5.35. The number of carboxylic acid groups (broad SMARTS) is 1. The molecule has 6 heteroatoms. The molecule has 3 heterocycles. The van der Waals surface area contributed by atoms with Crippen LogP contribution in [-0.2, 0) is 14.3 Å². The first-order valence-electron chi connectivity index (χ1n) is 8.21. The molecule has 0 radical (unpaired) electrons. The number of carbonyl (C=O) groups excluding carboxylic acids is 1. The van der Waals surface area contributed by atoms with Gasteiger partial charge in [-0.2, -0.15) is 0 Å². The minimum atomic E-state index is -0.997. The minimum absolute atomic E-state index is 0.212. The van der Waals surface area contributed by atoms with Gasteiger partial charge in [-0.1, -0.05) is 18.2 Å². The SMILES string of the molecule is C=CC[C@H]1N(c2ccc(OC)cc2)C(=O)[C@@H]2[C@@H](C(=O)O)[C@@H]3C=C[C@]21O3. The van der Waals surface area contributed by atoms with Crippen LogP contribution in [0.2, 0.25) is 0 Å². The van der Waals surface area contributed by atoms with Crippen molar-refractivity contribution in [1.29, 1.82) is 0 Å². The zero-order valence-corrected chi connectivity index (χ0v) is 13.8. The van der Waals surface area contributed by atoms with Crippen molar-refractivity contribution in [2.45, 2.75) is 24.2 Å². The van der Waals surface area contributed by atoms with Crippen LogP contribution < -0.4 is 9.64 Å². The van der Waals surface area contributed by atoms with Gasteiger partial charge in [0, 0.05) is 5.69 Å². The van der Waals surface area contributed by atoms with Crippen LogP contribution in [0.15, 0.2) is 49.1 Å². The Morgan fingerprint density at radius 3 is 2.76 bits per heavy atom. The molecule has 25 heavy (non-hydrogen) atoms. The number of ether oxygens (including phenoxy) is 2. The zero-order valence-electron chi connectivity index (χ0n) is 13.8.